The highest BCUT2D eigenvalue weighted by Gasteiger charge is 2.31. The molecule has 1 N–H and O–H groups in total. The smallest absolute Gasteiger partial charge is 0.241 e. The maximum absolute atomic E-state index is 13.7. The highest BCUT2D eigenvalue weighted by Crippen LogP contribution is 2.34. The van der Waals surface area contributed by atoms with Crippen LogP contribution in [0.15, 0.2) is 17.0 Å². The fourth-order valence-corrected chi connectivity index (χ4v) is 6.80. The summed E-state index contributed by atoms with van der Waals surface area (Å²) in [5.74, 6) is 2.29. The van der Waals surface area contributed by atoms with Crippen molar-refractivity contribution < 1.29 is 8.42 Å². The molecule has 2 aromatic rings. The van der Waals surface area contributed by atoms with Crippen molar-refractivity contribution in [1.29, 1.82) is 0 Å². The van der Waals surface area contributed by atoms with Crippen LogP contribution in [0.5, 0.6) is 0 Å². The van der Waals surface area contributed by atoms with Crippen LogP contribution in [0.2, 0.25) is 0 Å². The number of benzene rings is 1. The highest BCUT2D eigenvalue weighted by atomic mass is 32.2. The van der Waals surface area contributed by atoms with Gasteiger partial charge in [-0.15, -0.1) is 10.2 Å². The summed E-state index contributed by atoms with van der Waals surface area (Å²) in [6.07, 6.45) is 4.33. The molecule has 2 atom stereocenters. The molecule has 0 bridgehead atoms. The van der Waals surface area contributed by atoms with Gasteiger partial charge in [-0.2, -0.15) is 0 Å². The van der Waals surface area contributed by atoms with E-state index in [1.807, 2.05) is 20.8 Å². The second-order valence-corrected chi connectivity index (χ2v) is 11.2. The van der Waals surface area contributed by atoms with Crippen molar-refractivity contribution in [1.82, 2.24) is 19.5 Å². The molecule has 1 aromatic carbocycles. The Morgan fingerprint density at radius 1 is 1.06 bits per heavy atom. The van der Waals surface area contributed by atoms with E-state index in [1.54, 1.807) is 0 Å². The fraction of sp³-hybridized carbons (Fsp3) is 0.667. The number of aromatic nitrogens is 3. The third kappa shape index (κ3) is 5.03. The molecule has 0 spiro atoms. The summed E-state index contributed by atoms with van der Waals surface area (Å²) in [6, 6.07) is 4.32. The van der Waals surface area contributed by atoms with Gasteiger partial charge in [0.25, 0.3) is 0 Å². The molecule has 1 fully saturated rings. The topological polar surface area (TPSA) is 76.9 Å². The first-order valence-corrected chi connectivity index (χ1v) is 13.1. The Kier molecular flexibility index (Phi) is 7.26. The molecule has 1 saturated carbocycles. The van der Waals surface area contributed by atoms with Gasteiger partial charge in [-0.05, 0) is 74.5 Å². The lowest BCUT2D eigenvalue weighted by Crippen LogP contribution is -2.40. The van der Waals surface area contributed by atoms with Gasteiger partial charge in [0.1, 0.15) is 11.6 Å². The Balaban J connectivity index is 1.93. The van der Waals surface area contributed by atoms with Crippen LogP contribution in [0.4, 0.5) is 0 Å². The lowest BCUT2D eigenvalue weighted by atomic mass is 9.91. The standard InChI is InChI=1S/C24H38N4O2S/c1-8-19-12-20(15(2)3)13-23(16(4)5)24(19)31(29,30)27-21-10-9-11-22(14-21)28-17(6)25-26-18(28)7/h12-13,15-16,21-22,27H,8-11,14H2,1-7H3/t21-,22+/m0/s1. The van der Waals surface area contributed by atoms with Crippen molar-refractivity contribution in [2.24, 2.45) is 0 Å². The monoisotopic (exact) mass is 446 g/mol. The average Bonchev–Trinajstić information content (AvgIpc) is 3.04. The van der Waals surface area contributed by atoms with E-state index in [0.717, 1.165) is 48.5 Å². The Bertz CT molecular complexity index is 1000. The largest absolute Gasteiger partial charge is 0.312 e. The van der Waals surface area contributed by atoms with E-state index in [1.165, 1.54) is 5.56 Å². The lowest BCUT2D eigenvalue weighted by Gasteiger charge is -2.32. The molecule has 1 aromatic heterocycles. The van der Waals surface area contributed by atoms with Gasteiger partial charge < -0.3 is 4.57 Å². The first-order chi connectivity index (χ1) is 14.5. The second kappa shape index (κ2) is 9.41. The van der Waals surface area contributed by atoms with Gasteiger partial charge >= 0.3 is 0 Å². The van der Waals surface area contributed by atoms with Gasteiger partial charge in [-0.25, -0.2) is 13.1 Å². The number of hydrogen-bond donors (Lipinski definition) is 1. The molecule has 0 radical (unpaired) electrons. The zero-order chi connectivity index (χ0) is 22.9. The van der Waals surface area contributed by atoms with Crippen LogP contribution in [-0.2, 0) is 16.4 Å². The van der Waals surface area contributed by atoms with E-state index < -0.39 is 10.0 Å². The molecule has 0 aliphatic heterocycles. The molecule has 0 amide bonds. The van der Waals surface area contributed by atoms with Crippen LogP contribution in [-0.4, -0.2) is 29.2 Å². The maximum Gasteiger partial charge on any atom is 0.241 e. The molecule has 0 unspecified atom stereocenters. The summed E-state index contributed by atoms with van der Waals surface area (Å²) in [6.45, 7) is 14.4. The average molecular weight is 447 g/mol. The van der Waals surface area contributed by atoms with Crippen LogP contribution < -0.4 is 4.72 Å². The predicted octanol–water partition coefficient (Wildman–Crippen LogP) is 5.17. The minimum atomic E-state index is -3.62. The van der Waals surface area contributed by atoms with Crippen molar-refractivity contribution in [2.45, 2.75) is 109 Å². The van der Waals surface area contributed by atoms with Crippen molar-refractivity contribution in [3.8, 4) is 0 Å². The Morgan fingerprint density at radius 2 is 1.71 bits per heavy atom. The van der Waals surface area contributed by atoms with Gasteiger partial charge in [0.2, 0.25) is 10.0 Å². The van der Waals surface area contributed by atoms with Crippen LogP contribution in [0, 0.1) is 13.8 Å². The third-order valence-corrected chi connectivity index (χ3v) is 8.20. The molecule has 1 heterocycles. The van der Waals surface area contributed by atoms with Crippen molar-refractivity contribution in [3.05, 3.63) is 40.5 Å². The van der Waals surface area contributed by atoms with Crippen LogP contribution in [0.25, 0.3) is 0 Å². The van der Waals surface area contributed by atoms with Gasteiger partial charge in [0.15, 0.2) is 0 Å². The van der Waals surface area contributed by atoms with Gasteiger partial charge in [-0.1, -0.05) is 46.8 Å². The number of nitrogens with one attached hydrogen (secondary N) is 1. The summed E-state index contributed by atoms with van der Waals surface area (Å²) in [5, 5.41) is 8.38. The van der Waals surface area contributed by atoms with Crippen molar-refractivity contribution in [3.63, 3.8) is 0 Å². The van der Waals surface area contributed by atoms with E-state index in [0.29, 0.717) is 17.2 Å². The summed E-state index contributed by atoms with van der Waals surface area (Å²) in [4.78, 5) is 0.494. The summed E-state index contributed by atoms with van der Waals surface area (Å²) < 4.78 is 32.6. The van der Waals surface area contributed by atoms with Crippen molar-refractivity contribution >= 4 is 10.0 Å². The molecule has 1 aliphatic rings. The van der Waals surface area contributed by atoms with E-state index in [4.69, 9.17) is 0 Å². The number of sulfonamides is 1. The molecule has 6 nitrogen and oxygen atoms in total. The van der Waals surface area contributed by atoms with E-state index >= 15 is 0 Å². The molecular weight excluding hydrogens is 408 g/mol. The van der Waals surface area contributed by atoms with Gasteiger partial charge in [0, 0.05) is 12.1 Å². The normalized spacial score (nSPS) is 20.0. The third-order valence-electron chi connectivity index (χ3n) is 6.53. The zero-order valence-electron chi connectivity index (χ0n) is 20.1. The minimum absolute atomic E-state index is 0.0838. The Hall–Kier alpha value is -1.73. The van der Waals surface area contributed by atoms with Crippen LogP contribution in [0.3, 0.4) is 0 Å². The SMILES string of the molecule is CCc1cc(C(C)C)cc(C(C)C)c1S(=O)(=O)N[C@H]1CCC[C@@H](n2c(C)nnc2C)C1. The molecule has 172 valence electrons. The van der Waals surface area contributed by atoms with Gasteiger partial charge in [0.05, 0.1) is 4.90 Å². The predicted molar refractivity (Wildman–Crippen MR) is 125 cm³/mol. The number of hydrogen-bond acceptors (Lipinski definition) is 4. The first-order valence-electron chi connectivity index (χ1n) is 11.6. The summed E-state index contributed by atoms with van der Waals surface area (Å²) in [7, 11) is -3.62. The quantitative estimate of drug-likeness (QED) is 0.637. The van der Waals surface area contributed by atoms with Crippen LogP contribution in [0.1, 0.15) is 107 Å². The summed E-state index contributed by atoms with van der Waals surface area (Å²) >= 11 is 0. The molecular formula is C24H38N4O2S. The van der Waals surface area contributed by atoms with Crippen molar-refractivity contribution in [2.75, 3.05) is 0 Å². The van der Waals surface area contributed by atoms with E-state index in [2.05, 4.69) is 59.3 Å². The molecule has 0 saturated heterocycles. The molecule has 3 rings (SSSR count). The van der Waals surface area contributed by atoms with Gasteiger partial charge in [-0.3, -0.25) is 0 Å². The molecule has 31 heavy (non-hydrogen) atoms. The first kappa shape index (κ1) is 23.9. The Labute approximate surface area is 187 Å². The number of rotatable bonds is 7. The second-order valence-electron chi connectivity index (χ2n) is 9.56. The summed E-state index contributed by atoms with van der Waals surface area (Å²) in [5.41, 5.74) is 3.05. The lowest BCUT2D eigenvalue weighted by molar-refractivity contribution is 0.299. The minimum Gasteiger partial charge on any atom is -0.312 e. The maximum atomic E-state index is 13.7. The molecule has 7 heteroatoms. The van der Waals surface area contributed by atoms with E-state index in [-0.39, 0.29) is 18.0 Å². The molecule has 1 aliphatic carbocycles. The Morgan fingerprint density at radius 3 is 2.26 bits per heavy atom. The zero-order valence-corrected chi connectivity index (χ0v) is 20.9. The van der Waals surface area contributed by atoms with E-state index in [9.17, 15) is 8.42 Å². The number of nitrogens with zero attached hydrogens (tertiary/aromatic N) is 3. The highest BCUT2D eigenvalue weighted by molar-refractivity contribution is 7.89. The fourth-order valence-electron chi connectivity index (χ4n) is 4.88. The van der Waals surface area contributed by atoms with Crippen LogP contribution >= 0.6 is 0 Å². The number of aryl methyl sites for hydroxylation is 3.